The van der Waals surface area contributed by atoms with Crippen molar-refractivity contribution in [3.05, 3.63) is 33.7 Å². The lowest BCUT2D eigenvalue weighted by Gasteiger charge is -2.09. The van der Waals surface area contributed by atoms with Crippen LogP contribution < -0.4 is 5.73 Å². The van der Waals surface area contributed by atoms with Crippen LogP contribution >= 0.6 is 23.4 Å². The summed E-state index contributed by atoms with van der Waals surface area (Å²) in [7, 11) is 0. The monoisotopic (exact) mass is 298 g/mol. The summed E-state index contributed by atoms with van der Waals surface area (Å²) in [6, 6.07) is 4.56. The normalized spacial score (nSPS) is 17.6. The van der Waals surface area contributed by atoms with Gasteiger partial charge >= 0.3 is 0 Å². The molecule has 1 aromatic carbocycles. The van der Waals surface area contributed by atoms with E-state index in [1.807, 2.05) is 0 Å². The van der Waals surface area contributed by atoms with Gasteiger partial charge < -0.3 is 10.8 Å². The van der Waals surface area contributed by atoms with Crippen molar-refractivity contribution in [2.75, 3.05) is 13.1 Å². The van der Waals surface area contributed by atoms with Gasteiger partial charge in [0.25, 0.3) is 11.1 Å². The number of thioether (sulfide) groups is 1. The van der Waals surface area contributed by atoms with Crippen molar-refractivity contribution in [1.82, 2.24) is 4.90 Å². The third-order valence-corrected chi connectivity index (χ3v) is 3.71. The molecule has 2 amide bonds. The first-order chi connectivity index (χ1) is 9.02. The number of hydrogen-bond donors (Lipinski definition) is 2. The van der Waals surface area contributed by atoms with Crippen LogP contribution in [0.4, 0.5) is 4.79 Å². The van der Waals surface area contributed by atoms with E-state index in [2.05, 4.69) is 0 Å². The highest BCUT2D eigenvalue weighted by atomic mass is 35.5. The Morgan fingerprint density at radius 1 is 1.42 bits per heavy atom. The van der Waals surface area contributed by atoms with E-state index in [1.165, 1.54) is 12.1 Å². The Morgan fingerprint density at radius 2 is 2.16 bits per heavy atom. The van der Waals surface area contributed by atoms with E-state index in [9.17, 15) is 14.7 Å². The van der Waals surface area contributed by atoms with Gasteiger partial charge in [-0.1, -0.05) is 17.7 Å². The summed E-state index contributed by atoms with van der Waals surface area (Å²) in [4.78, 5) is 25.0. The molecule has 100 valence electrons. The van der Waals surface area contributed by atoms with Gasteiger partial charge in [-0.25, -0.2) is 0 Å². The molecule has 5 nitrogen and oxygen atoms in total. The first kappa shape index (κ1) is 13.9. The highest BCUT2D eigenvalue weighted by molar-refractivity contribution is 8.18. The predicted octanol–water partition coefficient (Wildman–Crippen LogP) is 2.04. The molecule has 0 unspecified atom stereocenters. The van der Waals surface area contributed by atoms with Gasteiger partial charge in [0, 0.05) is 13.1 Å². The Hall–Kier alpha value is -1.50. The summed E-state index contributed by atoms with van der Waals surface area (Å²) in [6.45, 7) is 0.439. The number of imide groups is 1. The van der Waals surface area contributed by atoms with Crippen LogP contribution in [0, 0.1) is 0 Å². The standard InChI is InChI=1S/C12H11ClN2O3S/c13-8-5-7(1-2-9(8)16)6-10-11(17)15(4-3-14)12(18)19-10/h1-2,5-6,16H,3-4,14H2. The molecular formula is C12H11ClN2O3S. The Morgan fingerprint density at radius 3 is 2.79 bits per heavy atom. The molecule has 7 heteroatoms. The van der Waals surface area contributed by atoms with Gasteiger partial charge in [0.05, 0.1) is 9.93 Å². The smallest absolute Gasteiger partial charge is 0.293 e. The number of benzene rings is 1. The first-order valence-corrected chi connectivity index (χ1v) is 6.66. The number of rotatable bonds is 3. The summed E-state index contributed by atoms with van der Waals surface area (Å²) in [5, 5.41) is 9.17. The largest absolute Gasteiger partial charge is 0.506 e. The van der Waals surface area contributed by atoms with Crippen LogP contribution in [0.2, 0.25) is 5.02 Å². The van der Waals surface area contributed by atoms with E-state index in [4.69, 9.17) is 17.3 Å². The molecule has 0 bridgehead atoms. The summed E-state index contributed by atoms with van der Waals surface area (Å²) < 4.78 is 0. The molecule has 1 aromatic rings. The minimum absolute atomic E-state index is 0.0324. The molecule has 1 heterocycles. The zero-order valence-electron chi connectivity index (χ0n) is 9.80. The summed E-state index contributed by atoms with van der Waals surface area (Å²) >= 11 is 6.64. The first-order valence-electron chi connectivity index (χ1n) is 5.47. The maximum atomic E-state index is 11.9. The third kappa shape index (κ3) is 2.91. The average molecular weight is 299 g/mol. The van der Waals surface area contributed by atoms with E-state index < -0.39 is 0 Å². The Balaban J connectivity index is 2.27. The van der Waals surface area contributed by atoms with Crippen molar-refractivity contribution in [3.8, 4) is 5.75 Å². The Labute approximate surface area is 119 Å². The van der Waals surface area contributed by atoms with Crippen molar-refractivity contribution in [2.24, 2.45) is 5.73 Å². The minimum atomic E-state index is -0.357. The molecule has 1 aliphatic rings. The maximum absolute atomic E-state index is 11.9. The van der Waals surface area contributed by atoms with Crippen LogP contribution in [0.3, 0.4) is 0 Å². The highest BCUT2D eigenvalue weighted by Gasteiger charge is 2.34. The van der Waals surface area contributed by atoms with Gasteiger partial charge in [-0.05, 0) is 35.5 Å². The number of nitrogens with zero attached hydrogens (tertiary/aromatic N) is 1. The number of amides is 2. The molecular weight excluding hydrogens is 288 g/mol. The van der Waals surface area contributed by atoms with E-state index in [0.29, 0.717) is 10.5 Å². The zero-order chi connectivity index (χ0) is 14.0. The van der Waals surface area contributed by atoms with Gasteiger partial charge in [0.2, 0.25) is 0 Å². The number of aromatic hydroxyl groups is 1. The predicted molar refractivity (Wildman–Crippen MR) is 74.8 cm³/mol. The lowest BCUT2D eigenvalue weighted by Crippen LogP contribution is -2.33. The molecule has 3 N–H and O–H groups in total. The van der Waals surface area contributed by atoms with Crippen LogP contribution in [0.25, 0.3) is 6.08 Å². The summed E-state index contributed by atoms with van der Waals surface area (Å²) in [6.07, 6.45) is 1.56. The van der Waals surface area contributed by atoms with Gasteiger partial charge in [0.1, 0.15) is 5.75 Å². The van der Waals surface area contributed by atoms with E-state index in [-0.39, 0.29) is 35.0 Å². The summed E-state index contributed by atoms with van der Waals surface area (Å²) in [5.41, 5.74) is 5.99. The third-order valence-electron chi connectivity index (χ3n) is 2.50. The fourth-order valence-electron chi connectivity index (χ4n) is 1.59. The zero-order valence-corrected chi connectivity index (χ0v) is 11.4. The van der Waals surface area contributed by atoms with Gasteiger partial charge in [-0.15, -0.1) is 0 Å². The van der Waals surface area contributed by atoms with Gasteiger partial charge in [-0.3, -0.25) is 14.5 Å². The number of halogens is 1. The minimum Gasteiger partial charge on any atom is -0.506 e. The maximum Gasteiger partial charge on any atom is 0.293 e. The molecule has 0 radical (unpaired) electrons. The Kier molecular flexibility index (Phi) is 4.14. The van der Waals surface area contributed by atoms with Gasteiger partial charge in [0.15, 0.2) is 0 Å². The van der Waals surface area contributed by atoms with E-state index in [0.717, 1.165) is 16.7 Å². The number of carbonyl (C=O) groups is 2. The lowest BCUT2D eigenvalue weighted by atomic mass is 10.2. The highest BCUT2D eigenvalue weighted by Crippen LogP contribution is 2.33. The fraction of sp³-hybridized carbons (Fsp3) is 0.167. The molecule has 0 aliphatic carbocycles. The molecule has 2 rings (SSSR count). The number of hydrogen-bond acceptors (Lipinski definition) is 5. The van der Waals surface area contributed by atoms with Gasteiger partial charge in [-0.2, -0.15) is 0 Å². The van der Waals surface area contributed by atoms with Crippen molar-refractivity contribution in [1.29, 1.82) is 0 Å². The van der Waals surface area contributed by atoms with E-state index in [1.54, 1.807) is 12.1 Å². The molecule has 0 saturated carbocycles. The molecule has 1 fully saturated rings. The number of phenolic OH excluding ortho intramolecular Hbond substituents is 1. The topological polar surface area (TPSA) is 83.6 Å². The quantitative estimate of drug-likeness (QED) is 0.834. The van der Waals surface area contributed by atoms with Crippen molar-refractivity contribution in [3.63, 3.8) is 0 Å². The lowest BCUT2D eigenvalue weighted by molar-refractivity contribution is -0.122. The Bertz CT molecular complexity index is 574. The second-order valence-corrected chi connectivity index (χ2v) is 5.23. The van der Waals surface area contributed by atoms with Crippen molar-refractivity contribution < 1.29 is 14.7 Å². The van der Waals surface area contributed by atoms with Crippen LogP contribution in [-0.2, 0) is 4.79 Å². The van der Waals surface area contributed by atoms with Crippen molar-refractivity contribution in [2.45, 2.75) is 0 Å². The molecule has 0 spiro atoms. The second kappa shape index (κ2) is 5.64. The van der Waals surface area contributed by atoms with E-state index >= 15 is 0 Å². The molecule has 19 heavy (non-hydrogen) atoms. The van der Waals surface area contributed by atoms with Crippen LogP contribution in [0.1, 0.15) is 5.56 Å². The number of carbonyl (C=O) groups excluding carboxylic acids is 2. The molecule has 1 aliphatic heterocycles. The second-order valence-electron chi connectivity index (χ2n) is 3.83. The molecule has 0 aromatic heterocycles. The van der Waals surface area contributed by atoms with Crippen LogP contribution in [0.5, 0.6) is 5.75 Å². The number of nitrogens with two attached hydrogens (primary N) is 1. The average Bonchev–Trinajstić information content (AvgIpc) is 2.62. The number of phenols is 1. The van der Waals surface area contributed by atoms with Crippen LogP contribution in [-0.4, -0.2) is 34.2 Å². The van der Waals surface area contributed by atoms with Crippen molar-refractivity contribution >= 4 is 40.6 Å². The SMILES string of the molecule is NCCN1C(=O)SC(=Cc2ccc(O)c(Cl)c2)C1=O. The molecule has 0 atom stereocenters. The molecule has 1 saturated heterocycles. The summed E-state index contributed by atoms with van der Waals surface area (Å²) in [5.74, 6) is -0.389. The fourth-order valence-corrected chi connectivity index (χ4v) is 2.64. The van der Waals surface area contributed by atoms with Crippen LogP contribution in [0.15, 0.2) is 23.1 Å².